The molecule has 0 aliphatic carbocycles. The summed E-state index contributed by atoms with van der Waals surface area (Å²) in [5.41, 5.74) is 0.846. The Hall–Kier alpha value is -2.78. The van der Waals surface area contributed by atoms with Gasteiger partial charge in [0.25, 0.3) is 0 Å². The maximum absolute atomic E-state index is 11.8. The van der Waals surface area contributed by atoms with Crippen LogP contribution < -0.4 is 0 Å². The summed E-state index contributed by atoms with van der Waals surface area (Å²) in [5.74, 6) is -0.778. The third-order valence-corrected chi connectivity index (χ3v) is 5.11. The van der Waals surface area contributed by atoms with Crippen molar-refractivity contribution >= 4 is 23.4 Å². The Morgan fingerprint density at radius 2 is 1.53 bits per heavy atom. The first-order valence-electron chi connectivity index (χ1n) is 10.9. The summed E-state index contributed by atoms with van der Waals surface area (Å²) in [6.07, 6.45) is 3.12. The number of carbonyl (C=O) groups is 4. The van der Waals surface area contributed by atoms with Gasteiger partial charge in [0.15, 0.2) is 17.3 Å². The number of phenolic OH excluding ortho intramolecular Hbond substituents is 2. The Morgan fingerprint density at radius 3 is 2.25 bits per heavy atom. The second-order valence-electron chi connectivity index (χ2n) is 7.71. The second-order valence-corrected chi connectivity index (χ2v) is 7.71. The zero-order valence-corrected chi connectivity index (χ0v) is 18.2. The van der Waals surface area contributed by atoms with E-state index in [0.29, 0.717) is 45.3 Å². The van der Waals surface area contributed by atoms with Gasteiger partial charge in [-0.05, 0) is 37.0 Å². The zero-order chi connectivity index (χ0) is 23.3. The monoisotopic (exact) mass is 449 g/mol. The Bertz CT molecular complexity index is 791. The number of amides is 2. The van der Waals surface area contributed by atoms with Crippen molar-refractivity contribution in [1.82, 2.24) is 4.90 Å². The second kappa shape index (κ2) is 13.6. The number of aryl methyl sites for hydroxylation is 1. The quantitative estimate of drug-likeness (QED) is 0.222. The van der Waals surface area contributed by atoms with Crippen molar-refractivity contribution < 1.29 is 38.9 Å². The van der Waals surface area contributed by atoms with Gasteiger partial charge >= 0.3 is 0 Å². The Balaban J connectivity index is 1.41. The number of aromatic hydroxyl groups is 2. The zero-order valence-electron chi connectivity index (χ0n) is 18.2. The number of ether oxygens (including phenoxy) is 2. The van der Waals surface area contributed by atoms with E-state index in [4.69, 9.17) is 9.47 Å². The van der Waals surface area contributed by atoms with Gasteiger partial charge in [0.1, 0.15) is 12.4 Å². The van der Waals surface area contributed by atoms with E-state index in [1.165, 1.54) is 12.1 Å². The summed E-state index contributed by atoms with van der Waals surface area (Å²) in [6.45, 7) is 1.17. The highest BCUT2D eigenvalue weighted by molar-refractivity contribution is 6.02. The molecule has 1 heterocycles. The molecular weight excluding hydrogens is 418 g/mol. The molecule has 2 N–H and O–H groups in total. The van der Waals surface area contributed by atoms with Crippen LogP contribution in [0, 0.1) is 0 Å². The van der Waals surface area contributed by atoms with Crippen LogP contribution >= 0.6 is 0 Å². The van der Waals surface area contributed by atoms with Crippen LogP contribution in [0.1, 0.15) is 50.5 Å². The molecule has 0 saturated carbocycles. The van der Waals surface area contributed by atoms with Crippen LogP contribution in [0.2, 0.25) is 0 Å². The highest BCUT2D eigenvalue weighted by Crippen LogP contribution is 2.25. The topological polar surface area (TPSA) is 130 Å². The van der Waals surface area contributed by atoms with Gasteiger partial charge in [0.05, 0.1) is 13.2 Å². The van der Waals surface area contributed by atoms with E-state index >= 15 is 0 Å². The molecule has 176 valence electrons. The fourth-order valence-electron chi connectivity index (χ4n) is 3.30. The lowest BCUT2D eigenvalue weighted by Gasteiger charge is -2.12. The molecule has 0 aromatic heterocycles. The number of hydrogen-bond acceptors (Lipinski definition) is 8. The lowest BCUT2D eigenvalue weighted by atomic mass is 10.1. The van der Waals surface area contributed by atoms with Crippen molar-refractivity contribution in [2.24, 2.45) is 0 Å². The number of phenols is 2. The summed E-state index contributed by atoms with van der Waals surface area (Å²) in [4.78, 5) is 47.8. The Morgan fingerprint density at radius 1 is 0.844 bits per heavy atom. The van der Waals surface area contributed by atoms with Gasteiger partial charge in [-0.2, -0.15) is 0 Å². The average Bonchev–Trinajstić information content (AvgIpc) is 3.08. The highest BCUT2D eigenvalue weighted by atomic mass is 16.5. The van der Waals surface area contributed by atoms with Gasteiger partial charge in [-0.25, -0.2) is 0 Å². The number of imide groups is 1. The molecule has 1 fully saturated rings. The van der Waals surface area contributed by atoms with E-state index in [1.54, 1.807) is 6.07 Å². The first-order chi connectivity index (χ1) is 15.4. The molecule has 0 atom stereocenters. The van der Waals surface area contributed by atoms with E-state index < -0.39 is 0 Å². The van der Waals surface area contributed by atoms with Crippen molar-refractivity contribution in [1.29, 1.82) is 0 Å². The van der Waals surface area contributed by atoms with Crippen LogP contribution in [0.25, 0.3) is 0 Å². The lowest BCUT2D eigenvalue weighted by Crippen LogP contribution is -2.31. The molecule has 0 radical (unpaired) electrons. The minimum Gasteiger partial charge on any atom is -0.504 e. The molecule has 0 bridgehead atoms. The predicted molar refractivity (Wildman–Crippen MR) is 114 cm³/mol. The van der Waals surface area contributed by atoms with Crippen molar-refractivity contribution in [2.45, 2.75) is 51.4 Å². The van der Waals surface area contributed by atoms with Crippen molar-refractivity contribution in [2.75, 3.05) is 33.0 Å². The first kappa shape index (κ1) is 25.5. The lowest BCUT2D eigenvalue weighted by molar-refractivity contribution is -0.138. The molecule has 1 aromatic carbocycles. The largest absolute Gasteiger partial charge is 0.504 e. The molecule has 1 saturated heterocycles. The Kier molecular flexibility index (Phi) is 10.8. The molecule has 32 heavy (non-hydrogen) atoms. The number of hydrogen-bond donors (Lipinski definition) is 2. The molecule has 2 rings (SSSR count). The van der Waals surface area contributed by atoms with Crippen LogP contribution in [-0.2, 0) is 35.1 Å². The molecule has 9 nitrogen and oxygen atoms in total. The number of benzene rings is 1. The summed E-state index contributed by atoms with van der Waals surface area (Å²) in [5, 5.41) is 18.7. The summed E-state index contributed by atoms with van der Waals surface area (Å²) in [6, 6.07) is 4.61. The molecule has 1 aromatic rings. The fraction of sp³-hybridized carbons (Fsp3) is 0.565. The van der Waals surface area contributed by atoms with E-state index in [0.717, 1.165) is 10.5 Å². The van der Waals surface area contributed by atoms with E-state index in [2.05, 4.69) is 0 Å². The fourth-order valence-corrected chi connectivity index (χ4v) is 3.30. The third-order valence-electron chi connectivity index (χ3n) is 5.11. The van der Waals surface area contributed by atoms with E-state index in [9.17, 15) is 29.4 Å². The average molecular weight is 450 g/mol. The SMILES string of the molecule is O=C(CCCOCCOCC(=O)CCCc1ccc(O)c(O)c1)CCN1C(=O)CCC1=O. The highest BCUT2D eigenvalue weighted by Gasteiger charge is 2.28. The van der Waals surface area contributed by atoms with Gasteiger partial charge < -0.3 is 19.7 Å². The van der Waals surface area contributed by atoms with Crippen LogP contribution in [-0.4, -0.2) is 71.5 Å². The van der Waals surface area contributed by atoms with Crippen LogP contribution in [0.4, 0.5) is 0 Å². The standard InChI is InChI=1S/C23H31NO8/c25-18(10-11-24-22(29)8-9-23(24)30)5-2-12-31-13-14-32-16-19(26)4-1-3-17-6-7-20(27)21(28)15-17/h6-7,15,27-28H,1-5,8-14,16H2. The van der Waals surface area contributed by atoms with Crippen LogP contribution in [0.3, 0.4) is 0 Å². The predicted octanol–water partition coefficient (Wildman–Crippen LogP) is 1.91. The summed E-state index contributed by atoms with van der Waals surface area (Å²) >= 11 is 0. The molecule has 1 aliphatic heterocycles. The smallest absolute Gasteiger partial charge is 0.229 e. The van der Waals surface area contributed by atoms with Gasteiger partial charge in [-0.15, -0.1) is 0 Å². The molecular formula is C23H31NO8. The van der Waals surface area contributed by atoms with Crippen molar-refractivity contribution in [3.63, 3.8) is 0 Å². The minimum atomic E-state index is -0.206. The number of rotatable bonds is 16. The van der Waals surface area contributed by atoms with Crippen molar-refractivity contribution in [3.05, 3.63) is 23.8 Å². The molecule has 2 amide bonds. The molecule has 0 spiro atoms. The first-order valence-corrected chi connectivity index (χ1v) is 10.9. The maximum Gasteiger partial charge on any atom is 0.229 e. The van der Waals surface area contributed by atoms with Gasteiger partial charge in [-0.1, -0.05) is 6.07 Å². The number of likely N-dealkylation sites (tertiary alicyclic amines) is 1. The number of carbonyl (C=O) groups excluding carboxylic acids is 4. The normalized spacial score (nSPS) is 13.7. The van der Waals surface area contributed by atoms with Crippen LogP contribution in [0.5, 0.6) is 11.5 Å². The van der Waals surface area contributed by atoms with E-state index in [1.807, 2.05) is 0 Å². The van der Waals surface area contributed by atoms with Crippen molar-refractivity contribution in [3.8, 4) is 11.5 Å². The number of ketones is 2. The summed E-state index contributed by atoms with van der Waals surface area (Å²) < 4.78 is 10.7. The van der Waals surface area contributed by atoms with Gasteiger partial charge in [0, 0.05) is 45.3 Å². The number of Topliss-reactive ketones (excluding diaryl/α,β-unsaturated/α-hetero) is 2. The number of nitrogens with zero attached hydrogens (tertiary/aromatic N) is 1. The van der Waals surface area contributed by atoms with E-state index in [-0.39, 0.29) is 73.9 Å². The molecule has 1 aliphatic rings. The summed E-state index contributed by atoms with van der Waals surface area (Å²) in [7, 11) is 0. The third kappa shape index (κ3) is 9.15. The maximum atomic E-state index is 11.8. The van der Waals surface area contributed by atoms with Gasteiger partial charge in [-0.3, -0.25) is 24.1 Å². The molecule has 9 heteroatoms. The van der Waals surface area contributed by atoms with Crippen LogP contribution in [0.15, 0.2) is 18.2 Å². The Labute approximate surface area is 187 Å². The minimum absolute atomic E-state index is 0.00883. The van der Waals surface area contributed by atoms with Gasteiger partial charge in [0.2, 0.25) is 11.8 Å². The molecule has 0 unspecified atom stereocenters.